The zero-order valence-electron chi connectivity index (χ0n) is 10.3. The van der Waals surface area contributed by atoms with E-state index in [9.17, 15) is 4.79 Å². The molecule has 1 fully saturated rings. The smallest absolute Gasteiger partial charge is 0.308 e. The van der Waals surface area contributed by atoms with Crippen molar-refractivity contribution < 1.29 is 9.90 Å². The summed E-state index contributed by atoms with van der Waals surface area (Å²) in [6.07, 6.45) is 0. The number of carboxylic acid groups (broad SMARTS) is 1. The Labute approximate surface area is 106 Å². The van der Waals surface area contributed by atoms with Crippen molar-refractivity contribution in [1.82, 2.24) is 4.90 Å². The number of benzene rings is 1. The highest BCUT2D eigenvalue weighted by Crippen LogP contribution is 2.24. The van der Waals surface area contributed by atoms with Crippen LogP contribution in [0.5, 0.6) is 0 Å². The molecule has 2 rings (SSSR count). The molecule has 0 unspecified atom stereocenters. The van der Waals surface area contributed by atoms with Crippen LogP contribution < -0.4 is 0 Å². The quantitative estimate of drug-likeness (QED) is 0.879. The fraction of sp³-hybridized carbons (Fsp3) is 0.429. The van der Waals surface area contributed by atoms with Crippen molar-refractivity contribution in [3.8, 4) is 6.07 Å². The van der Waals surface area contributed by atoms with Gasteiger partial charge < -0.3 is 5.11 Å². The van der Waals surface area contributed by atoms with Crippen LogP contribution in [0.4, 0.5) is 0 Å². The number of carboxylic acids is 1. The summed E-state index contributed by atoms with van der Waals surface area (Å²) in [5.74, 6) is -0.769. The van der Waals surface area contributed by atoms with Gasteiger partial charge in [0, 0.05) is 19.6 Å². The molecule has 0 saturated carbocycles. The highest BCUT2D eigenvalue weighted by atomic mass is 16.4. The molecule has 1 aliphatic rings. The molecule has 0 radical (unpaired) electrons. The number of rotatable bonds is 3. The van der Waals surface area contributed by atoms with Gasteiger partial charge in [-0.15, -0.1) is 0 Å². The summed E-state index contributed by atoms with van der Waals surface area (Å²) in [7, 11) is 0. The Hall–Kier alpha value is -1.86. The molecule has 0 amide bonds. The molecule has 0 aromatic heterocycles. The zero-order valence-corrected chi connectivity index (χ0v) is 10.3. The van der Waals surface area contributed by atoms with Gasteiger partial charge in [0.05, 0.1) is 17.6 Å². The Balaban J connectivity index is 1.98. The maximum Gasteiger partial charge on any atom is 0.308 e. The number of likely N-dealkylation sites (tertiary alicyclic amines) is 1. The highest BCUT2D eigenvalue weighted by Gasteiger charge is 2.34. The van der Waals surface area contributed by atoms with Gasteiger partial charge in [-0.2, -0.15) is 5.26 Å². The Bertz CT molecular complexity index is 476. The van der Waals surface area contributed by atoms with Gasteiger partial charge in [-0.25, -0.2) is 0 Å². The molecule has 1 N–H and O–H groups in total. The second kappa shape index (κ2) is 5.19. The molecule has 4 nitrogen and oxygen atoms in total. The van der Waals surface area contributed by atoms with Gasteiger partial charge in [0.2, 0.25) is 0 Å². The van der Waals surface area contributed by atoms with Crippen LogP contribution in [-0.2, 0) is 11.3 Å². The molecular formula is C14H16N2O2. The maximum absolute atomic E-state index is 11.0. The van der Waals surface area contributed by atoms with Crippen molar-refractivity contribution in [3.05, 3.63) is 35.4 Å². The van der Waals surface area contributed by atoms with Crippen molar-refractivity contribution in [2.24, 2.45) is 11.8 Å². The number of aliphatic carboxylic acids is 1. The summed E-state index contributed by atoms with van der Waals surface area (Å²) < 4.78 is 0. The van der Waals surface area contributed by atoms with E-state index < -0.39 is 5.97 Å². The molecule has 18 heavy (non-hydrogen) atoms. The fourth-order valence-corrected chi connectivity index (χ4v) is 2.46. The van der Waals surface area contributed by atoms with E-state index in [0.29, 0.717) is 12.1 Å². The third kappa shape index (κ3) is 2.69. The van der Waals surface area contributed by atoms with Gasteiger partial charge in [0.1, 0.15) is 0 Å². The Morgan fingerprint density at radius 2 is 2.11 bits per heavy atom. The van der Waals surface area contributed by atoms with E-state index in [4.69, 9.17) is 10.4 Å². The lowest BCUT2D eigenvalue weighted by molar-refractivity contribution is -0.142. The van der Waals surface area contributed by atoms with Gasteiger partial charge in [0.15, 0.2) is 0 Å². The summed E-state index contributed by atoms with van der Waals surface area (Å²) in [4.78, 5) is 13.2. The molecule has 2 atom stereocenters. The fourth-order valence-electron chi connectivity index (χ4n) is 2.46. The van der Waals surface area contributed by atoms with Crippen LogP contribution in [0, 0.1) is 23.2 Å². The average molecular weight is 244 g/mol. The van der Waals surface area contributed by atoms with E-state index in [2.05, 4.69) is 11.0 Å². The standard InChI is InChI=1S/C14H16N2O2/c1-10-7-16(9-13(10)14(17)18)8-12-4-2-11(6-15)3-5-12/h2-5,10,13H,7-9H2,1H3,(H,17,18)/t10-,13-/m1/s1. The highest BCUT2D eigenvalue weighted by molar-refractivity contribution is 5.71. The normalized spacial score (nSPS) is 23.8. The molecule has 1 heterocycles. The molecule has 0 aliphatic carbocycles. The monoisotopic (exact) mass is 244 g/mol. The minimum Gasteiger partial charge on any atom is -0.481 e. The molecule has 1 aromatic rings. The van der Waals surface area contributed by atoms with Gasteiger partial charge in [-0.05, 0) is 23.6 Å². The predicted octanol–water partition coefficient (Wildman–Crippen LogP) is 1.71. The summed E-state index contributed by atoms with van der Waals surface area (Å²) in [6, 6.07) is 9.53. The number of nitrogens with zero attached hydrogens (tertiary/aromatic N) is 2. The van der Waals surface area contributed by atoms with Gasteiger partial charge in [-0.3, -0.25) is 9.69 Å². The Morgan fingerprint density at radius 3 is 2.61 bits per heavy atom. The second-order valence-electron chi connectivity index (χ2n) is 4.92. The summed E-state index contributed by atoms with van der Waals surface area (Å²) in [5, 5.41) is 17.8. The first-order chi connectivity index (χ1) is 8.60. The van der Waals surface area contributed by atoms with Gasteiger partial charge in [-0.1, -0.05) is 19.1 Å². The summed E-state index contributed by atoms with van der Waals surface area (Å²) >= 11 is 0. The van der Waals surface area contributed by atoms with Crippen molar-refractivity contribution >= 4 is 5.97 Å². The van der Waals surface area contributed by atoms with E-state index in [1.807, 2.05) is 19.1 Å². The molecule has 0 bridgehead atoms. The number of hydrogen-bond donors (Lipinski definition) is 1. The van der Waals surface area contributed by atoms with Crippen LogP contribution in [0.15, 0.2) is 24.3 Å². The second-order valence-corrected chi connectivity index (χ2v) is 4.92. The third-order valence-electron chi connectivity index (χ3n) is 3.49. The first-order valence-electron chi connectivity index (χ1n) is 6.04. The van der Waals surface area contributed by atoms with Crippen molar-refractivity contribution in [1.29, 1.82) is 5.26 Å². The number of hydrogen-bond acceptors (Lipinski definition) is 3. The number of nitriles is 1. The van der Waals surface area contributed by atoms with Crippen molar-refractivity contribution in [3.63, 3.8) is 0 Å². The topological polar surface area (TPSA) is 64.3 Å². The van der Waals surface area contributed by atoms with E-state index in [0.717, 1.165) is 18.7 Å². The third-order valence-corrected chi connectivity index (χ3v) is 3.49. The van der Waals surface area contributed by atoms with Crippen molar-refractivity contribution in [2.75, 3.05) is 13.1 Å². The van der Waals surface area contributed by atoms with Crippen LogP contribution >= 0.6 is 0 Å². The van der Waals surface area contributed by atoms with E-state index in [-0.39, 0.29) is 11.8 Å². The molecular weight excluding hydrogens is 228 g/mol. The summed E-state index contributed by atoms with van der Waals surface area (Å²) in [5.41, 5.74) is 1.77. The lowest BCUT2D eigenvalue weighted by atomic mass is 9.99. The largest absolute Gasteiger partial charge is 0.481 e. The van der Waals surface area contributed by atoms with E-state index in [1.165, 1.54) is 0 Å². The SMILES string of the molecule is C[C@@H]1CN(Cc2ccc(C#N)cc2)C[C@H]1C(=O)O. The lowest BCUT2D eigenvalue weighted by Crippen LogP contribution is -2.23. The van der Waals surface area contributed by atoms with Crippen LogP contribution in [0.1, 0.15) is 18.1 Å². The van der Waals surface area contributed by atoms with Crippen LogP contribution in [0.2, 0.25) is 0 Å². The summed E-state index contributed by atoms with van der Waals surface area (Å²) in [6.45, 7) is 4.16. The minimum absolute atomic E-state index is 0.195. The molecule has 4 heteroatoms. The maximum atomic E-state index is 11.0. The van der Waals surface area contributed by atoms with Crippen LogP contribution in [0.3, 0.4) is 0 Å². The van der Waals surface area contributed by atoms with Crippen LogP contribution in [-0.4, -0.2) is 29.1 Å². The first kappa shape index (κ1) is 12.6. The molecule has 1 aliphatic heterocycles. The lowest BCUT2D eigenvalue weighted by Gasteiger charge is -2.15. The van der Waals surface area contributed by atoms with E-state index >= 15 is 0 Å². The molecule has 1 aromatic carbocycles. The Kier molecular flexibility index (Phi) is 3.63. The van der Waals surface area contributed by atoms with Gasteiger partial charge >= 0.3 is 5.97 Å². The van der Waals surface area contributed by atoms with Crippen molar-refractivity contribution in [2.45, 2.75) is 13.5 Å². The molecule has 1 saturated heterocycles. The van der Waals surface area contributed by atoms with E-state index in [1.54, 1.807) is 12.1 Å². The predicted molar refractivity (Wildman–Crippen MR) is 66.7 cm³/mol. The average Bonchev–Trinajstić information content (AvgIpc) is 2.71. The minimum atomic E-state index is -0.704. The zero-order chi connectivity index (χ0) is 13.1. The number of carbonyl (C=O) groups is 1. The Morgan fingerprint density at radius 1 is 1.44 bits per heavy atom. The van der Waals surface area contributed by atoms with Crippen LogP contribution in [0.25, 0.3) is 0 Å². The first-order valence-corrected chi connectivity index (χ1v) is 6.04. The molecule has 0 spiro atoms. The van der Waals surface area contributed by atoms with Gasteiger partial charge in [0.25, 0.3) is 0 Å². The molecule has 94 valence electrons.